The second-order valence-corrected chi connectivity index (χ2v) is 6.21. The lowest BCUT2D eigenvalue weighted by atomic mass is 10.1. The highest BCUT2D eigenvalue weighted by atomic mass is 16.2. The molecular weight excluding hydrogens is 276 g/mol. The lowest BCUT2D eigenvalue weighted by molar-refractivity contribution is -0.121. The minimum absolute atomic E-state index is 0.176. The average molecular weight is 315 g/mol. The predicted octanol–water partition coefficient (Wildman–Crippen LogP) is 3.52. The third-order valence-corrected chi connectivity index (χ3v) is 4.02. The fraction of sp³-hybridized carbons (Fsp3) is 0.944. The number of aliphatic hydroxyl groups excluding tert-OH is 1. The van der Waals surface area contributed by atoms with Crippen LogP contribution < -0.4 is 11.1 Å². The van der Waals surface area contributed by atoms with Gasteiger partial charge >= 0.3 is 0 Å². The highest BCUT2D eigenvalue weighted by Gasteiger charge is 1.99. The van der Waals surface area contributed by atoms with E-state index in [2.05, 4.69) is 5.32 Å². The van der Waals surface area contributed by atoms with Gasteiger partial charge in [0.25, 0.3) is 0 Å². The molecule has 0 spiro atoms. The molecule has 0 saturated carbocycles. The number of hydrogen-bond donors (Lipinski definition) is 3. The van der Waals surface area contributed by atoms with Crippen molar-refractivity contribution in [3.05, 3.63) is 0 Å². The van der Waals surface area contributed by atoms with Crippen molar-refractivity contribution in [3.63, 3.8) is 0 Å². The average Bonchev–Trinajstić information content (AvgIpc) is 2.52. The van der Waals surface area contributed by atoms with Crippen LogP contribution in [-0.2, 0) is 4.79 Å². The van der Waals surface area contributed by atoms with Gasteiger partial charge in [0.2, 0.25) is 5.91 Å². The molecule has 0 aliphatic carbocycles. The van der Waals surface area contributed by atoms with Gasteiger partial charge in [-0.05, 0) is 32.2 Å². The molecule has 0 saturated heterocycles. The fourth-order valence-corrected chi connectivity index (χ4v) is 2.57. The van der Waals surface area contributed by atoms with Crippen molar-refractivity contribution in [1.29, 1.82) is 0 Å². The molecule has 0 aliphatic heterocycles. The lowest BCUT2D eigenvalue weighted by Crippen LogP contribution is -2.24. The van der Waals surface area contributed by atoms with Crippen molar-refractivity contribution in [1.82, 2.24) is 5.32 Å². The molecule has 0 atom stereocenters. The minimum atomic E-state index is 0.176. The maximum atomic E-state index is 11.5. The van der Waals surface area contributed by atoms with Crippen LogP contribution in [0.1, 0.15) is 89.9 Å². The molecule has 22 heavy (non-hydrogen) atoms. The molecule has 0 rings (SSSR count). The predicted molar refractivity (Wildman–Crippen MR) is 93.8 cm³/mol. The van der Waals surface area contributed by atoms with Crippen molar-refractivity contribution in [2.45, 2.75) is 89.9 Å². The van der Waals surface area contributed by atoms with Gasteiger partial charge in [-0.3, -0.25) is 4.79 Å². The van der Waals surface area contributed by atoms with E-state index in [4.69, 9.17) is 10.8 Å². The first-order valence-corrected chi connectivity index (χ1v) is 9.39. The topological polar surface area (TPSA) is 75.4 Å². The summed E-state index contributed by atoms with van der Waals surface area (Å²) in [6.07, 6.45) is 16.1. The Balaban J connectivity index is 3.06. The van der Waals surface area contributed by atoms with Crippen molar-refractivity contribution in [3.8, 4) is 0 Å². The number of nitrogens with one attached hydrogen (secondary N) is 1. The number of hydrogen-bond acceptors (Lipinski definition) is 3. The fourth-order valence-electron chi connectivity index (χ4n) is 2.57. The molecule has 132 valence electrons. The Morgan fingerprint density at radius 3 is 1.73 bits per heavy atom. The molecule has 0 bridgehead atoms. The highest BCUT2D eigenvalue weighted by Crippen LogP contribution is 2.11. The Morgan fingerprint density at radius 1 is 0.727 bits per heavy atom. The Labute approximate surface area is 137 Å². The van der Waals surface area contributed by atoms with E-state index in [9.17, 15) is 4.79 Å². The van der Waals surface area contributed by atoms with Crippen LogP contribution in [0.25, 0.3) is 0 Å². The van der Waals surface area contributed by atoms with E-state index in [0.717, 1.165) is 32.2 Å². The number of carbonyl (C=O) groups is 1. The molecule has 4 nitrogen and oxygen atoms in total. The third kappa shape index (κ3) is 17.4. The maximum absolute atomic E-state index is 11.5. The van der Waals surface area contributed by atoms with Crippen LogP contribution in [0.5, 0.6) is 0 Å². The SMILES string of the molecule is NCCCCC(=O)NCCCCCCCCCCCCCO. The molecule has 0 heterocycles. The zero-order valence-corrected chi connectivity index (χ0v) is 14.5. The van der Waals surface area contributed by atoms with E-state index in [0.29, 0.717) is 19.6 Å². The van der Waals surface area contributed by atoms with Crippen molar-refractivity contribution >= 4 is 5.91 Å². The van der Waals surface area contributed by atoms with E-state index < -0.39 is 0 Å². The van der Waals surface area contributed by atoms with E-state index in [1.807, 2.05) is 0 Å². The first-order chi connectivity index (χ1) is 10.8. The second-order valence-electron chi connectivity index (χ2n) is 6.21. The summed E-state index contributed by atoms with van der Waals surface area (Å²) in [6.45, 7) is 1.84. The summed E-state index contributed by atoms with van der Waals surface area (Å²) in [5.74, 6) is 0.176. The van der Waals surface area contributed by atoms with Crippen molar-refractivity contribution < 1.29 is 9.90 Å². The molecule has 0 radical (unpaired) electrons. The molecule has 0 unspecified atom stereocenters. The summed E-state index contributed by atoms with van der Waals surface area (Å²) in [4.78, 5) is 11.5. The monoisotopic (exact) mass is 314 g/mol. The molecule has 4 N–H and O–H groups in total. The number of amides is 1. The van der Waals surface area contributed by atoms with E-state index in [1.54, 1.807) is 0 Å². The Morgan fingerprint density at radius 2 is 1.23 bits per heavy atom. The maximum Gasteiger partial charge on any atom is 0.219 e. The van der Waals surface area contributed by atoms with Gasteiger partial charge < -0.3 is 16.2 Å². The number of nitrogens with two attached hydrogens (primary N) is 1. The molecular formula is C18H38N2O2. The summed E-state index contributed by atoms with van der Waals surface area (Å²) in [6, 6.07) is 0. The van der Waals surface area contributed by atoms with Gasteiger partial charge in [0.1, 0.15) is 0 Å². The lowest BCUT2D eigenvalue weighted by Gasteiger charge is -2.05. The van der Waals surface area contributed by atoms with Crippen LogP contribution in [0, 0.1) is 0 Å². The Hall–Kier alpha value is -0.610. The van der Waals surface area contributed by atoms with Crippen molar-refractivity contribution in [2.75, 3.05) is 19.7 Å². The van der Waals surface area contributed by atoms with Crippen LogP contribution in [0.2, 0.25) is 0 Å². The first-order valence-electron chi connectivity index (χ1n) is 9.39. The number of carbonyl (C=O) groups excluding carboxylic acids is 1. The van der Waals surface area contributed by atoms with E-state index in [1.165, 1.54) is 57.8 Å². The molecule has 1 amide bonds. The molecule has 4 heteroatoms. The molecule has 0 aromatic rings. The smallest absolute Gasteiger partial charge is 0.219 e. The van der Waals surface area contributed by atoms with Gasteiger partial charge in [0.05, 0.1) is 0 Å². The van der Waals surface area contributed by atoms with Crippen LogP contribution in [0.15, 0.2) is 0 Å². The highest BCUT2D eigenvalue weighted by molar-refractivity contribution is 5.75. The number of rotatable bonds is 17. The number of aliphatic hydroxyl groups is 1. The first kappa shape index (κ1) is 21.4. The van der Waals surface area contributed by atoms with Gasteiger partial charge in [-0.2, -0.15) is 0 Å². The molecule has 0 aromatic heterocycles. The molecule has 0 fully saturated rings. The van der Waals surface area contributed by atoms with Crippen LogP contribution in [-0.4, -0.2) is 30.7 Å². The Kier molecular flexibility index (Phi) is 17.9. The van der Waals surface area contributed by atoms with E-state index >= 15 is 0 Å². The van der Waals surface area contributed by atoms with Gasteiger partial charge in [0.15, 0.2) is 0 Å². The normalized spacial score (nSPS) is 10.8. The van der Waals surface area contributed by atoms with Crippen LogP contribution in [0.4, 0.5) is 0 Å². The number of unbranched alkanes of at least 4 members (excludes halogenated alkanes) is 11. The Bertz CT molecular complexity index is 235. The largest absolute Gasteiger partial charge is 0.396 e. The van der Waals surface area contributed by atoms with Gasteiger partial charge in [0, 0.05) is 19.6 Å². The summed E-state index contributed by atoms with van der Waals surface area (Å²) in [7, 11) is 0. The van der Waals surface area contributed by atoms with Crippen LogP contribution in [0.3, 0.4) is 0 Å². The van der Waals surface area contributed by atoms with E-state index in [-0.39, 0.29) is 5.91 Å². The summed E-state index contributed by atoms with van der Waals surface area (Å²) in [5.41, 5.74) is 5.40. The summed E-state index contributed by atoms with van der Waals surface area (Å²) >= 11 is 0. The summed E-state index contributed by atoms with van der Waals surface area (Å²) in [5, 5.41) is 11.7. The standard InChI is InChI=1S/C18H38N2O2/c19-15-11-10-14-18(22)20-16-12-8-6-4-2-1-3-5-7-9-13-17-21/h21H,1-17,19H2,(H,20,22). The quantitative estimate of drug-likeness (QED) is 0.360. The zero-order valence-electron chi connectivity index (χ0n) is 14.5. The zero-order chi connectivity index (χ0) is 16.3. The summed E-state index contributed by atoms with van der Waals surface area (Å²) < 4.78 is 0. The van der Waals surface area contributed by atoms with Gasteiger partial charge in [-0.15, -0.1) is 0 Å². The van der Waals surface area contributed by atoms with Crippen molar-refractivity contribution in [2.24, 2.45) is 5.73 Å². The minimum Gasteiger partial charge on any atom is -0.396 e. The second kappa shape index (κ2) is 18.4. The molecule has 0 aromatic carbocycles. The third-order valence-electron chi connectivity index (χ3n) is 4.02. The molecule has 0 aliphatic rings. The van der Waals surface area contributed by atoms with Gasteiger partial charge in [-0.25, -0.2) is 0 Å². The van der Waals surface area contributed by atoms with Crippen LogP contribution >= 0.6 is 0 Å². The van der Waals surface area contributed by atoms with Gasteiger partial charge in [-0.1, -0.05) is 57.8 Å².